The molecule has 0 atom stereocenters. The highest BCUT2D eigenvalue weighted by atomic mass is 32.2. The Balaban J connectivity index is 2.62. The summed E-state index contributed by atoms with van der Waals surface area (Å²) in [5.41, 5.74) is 6.97. The van der Waals surface area contributed by atoms with Crippen LogP contribution in [-0.2, 0) is 22.1 Å². The molecule has 0 fully saturated rings. The minimum atomic E-state index is -3.00. The summed E-state index contributed by atoms with van der Waals surface area (Å²) in [7, 11) is -3.00. The summed E-state index contributed by atoms with van der Waals surface area (Å²) in [4.78, 5) is 4.04. The summed E-state index contributed by atoms with van der Waals surface area (Å²) in [5.74, 6) is 0.355. The lowest BCUT2D eigenvalue weighted by Crippen LogP contribution is -2.10. The van der Waals surface area contributed by atoms with Gasteiger partial charge in [-0.05, 0) is 24.1 Å². The van der Waals surface area contributed by atoms with Crippen LogP contribution >= 0.6 is 0 Å². The lowest BCUT2D eigenvalue weighted by Gasteiger charge is -2.05. The van der Waals surface area contributed by atoms with E-state index < -0.39 is 9.84 Å². The van der Waals surface area contributed by atoms with Crippen molar-refractivity contribution in [3.05, 3.63) is 29.6 Å². The number of hydrogen-bond acceptors (Lipinski definition) is 4. The van der Waals surface area contributed by atoms with E-state index in [0.29, 0.717) is 6.54 Å². The van der Waals surface area contributed by atoms with E-state index in [1.807, 2.05) is 0 Å². The van der Waals surface area contributed by atoms with Crippen LogP contribution in [0.1, 0.15) is 37.4 Å². The van der Waals surface area contributed by atoms with Gasteiger partial charge in [0.05, 0.1) is 17.2 Å². The molecule has 1 rings (SSSR count). The molecule has 5 heteroatoms. The number of unbranched alkanes of at least 4 members (excludes halogenated alkanes) is 2. The van der Waals surface area contributed by atoms with Crippen molar-refractivity contribution in [1.29, 1.82) is 0 Å². The van der Waals surface area contributed by atoms with Gasteiger partial charge in [0.1, 0.15) is 0 Å². The fourth-order valence-corrected chi connectivity index (χ4v) is 3.10. The first-order chi connectivity index (χ1) is 8.07. The second kappa shape index (κ2) is 6.71. The molecule has 0 radical (unpaired) electrons. The van der Waals surface area contributed by atoms with Gasteiger partial charge in [-0.1, -0.05) is 19.8 Å². The van der Waals surface area contributed by atoms with Gasteiger partial charge in [0.2, 0.25) is 0 Å². The van der Waals surface area contributed by atoms with Gasteiger partial charge in [-0.25, -0.2) is 8.42 Å². The molecule has 2 N–H and O–H groups in total. The Morgan fingerprint density at radius 2 is 2.12 bits per heavy atom. The van der Waals surface area contributed by atoms with Crippen molar-refractivity contribution < 1.29 is 8.42 Å². The Morgan fingerprint density at radius 1 is 1.35 bits per heavy atom. The average molecular weight is 256 g/mol. The quantitative estimate of drug-likeness (QED) is 0.753. The molecule has 0 saturated carbocycles. The minimum absolute atomic E-state index is 0.0895. The van der Waals surface area contributed by atoms with Crippen LogP contribution < -0.4 is 5.73 Å². The lowest BCUT2D eigenvalue weighted by atomic mass is 10.2. The third kappa shape index (κ3) is 5.28. The highest BCUT2D eigenvalue weighted by Crippen LogP contribution is 2.09. The molecular formula is C12H20N2O2S. The Bertz CT molecular complexity index is 444. The van der Waals surface area contributed by atoms with Crippen LogP contribution in [-0.4, -0.2) is 19.2 Å². The Kier molecular flexibility index (Phi) is 5.58. The summed E-state index contributed by atoms with van der Waals surface area (Å²) in [5, 5.41) is 0. The molecule has 0 aromatic carbocycles. The van der Waals surface area contributed by atoms with Gasteiger partial charge >= 0.3 is 0 Å². The predicted molar refractivity (Wildman–Crippen MR) is 69.1 cm³/mol. The maximum Gasteiger partial charge on any atom is 0.154 e. The molecule has 17 heavy (non-hydrogen) atoms. The second-order valence-electron chi connectivity index (χ2n) is 4.16. The summed E-state index contributed by atoms with van der Waals surface area (Å²) in [6.45, 7) is 2.40. The normalized spacial score (nSPS) is 11.6. The number of pyridine rings is 1. The average Bonchev–Trinajstić information content (AvgIpc) is 2.29. The Hall–Kier alpha value is -0.940. The molecule has 1 aromatic heterocycles. The predicted octanol–water partition coefficient (Wildman–Crippen LogP) is 1.65. The van der Waals surface area contributed by atoms with E-state index in [1.54, 1.807) is 18.3 Å². The fraction of sp³-hybridized carbons (Fsp3) is 0.583. The SMILES string of the molecule is CCCCCS(=O)(=O)Cc1ccnc(CN)c1. The van der Waals surface area contributed by atoms with E-state index in [-0.39, 0.29) is 11.5 Å². The van der Waals surface area contributed by atoms with E-state index in [4.69, 9.17) is 5.73 Å². The van der Waals surface area contributed by atoms with Crippen LogP contribution in [0.15, 0.2) is 18.3 Å². The van der Waals surface area contributed by atoms with Crippen molar-refractivity contribution in [3.63, 3.8) is 0 Å². The Morgan fingerprint density at radius 3 is 2.76 bits per heavy atom. The van der Waals surface area contributed by atoms with Crippen LogP contribution in [0.3, 0.4) is 0 Å². The number of nitrogens with zero attached hydrogens (tertiary/aromatic N) is 1. The van der Waals surface area contributed by atoms with Crippen molar-refractivity contribution in [2.75, 3.05) is 5.75 Å². The van der Waals surface area contributed by atoms with Crippen molar-refractivity contribution in [2.24, 2.45) is 5.73 Å². The summed E-state index contributed by atoms with van der Waals surface area (Å²) in [6, 6.07) is 3.49. The molecule has 0 aliphatic heterocycles. The third-order valence-corrected chi connectivity index (χ3v) is 4.22. The van der Waals surface area contributed by atoms with Gasteiger partial charge in [-0.3, -0.25) is 4.98 Å². The molecule has 0 saturated heterocycles. The lowest BCUT2D eigenvalue weighted by molar-refractivity contribution is 0.590. The van der Waals surface area contributed by atoms with Gasteiger partial charge in [0, 0.05) is 12.7 Å². The first-order valence-corrected chi connectivity index (χ1v) is 7.74. The summed E-state index contributed by atoms with van der Waals surface area (Å²) >= 11 is 0. The standard InChI is InChI=1S/C12H20N2O2S/c1-2-3-4-7-17(15,16)10-11-5-6-14-12(8-11)9-13/h5-6,8H,2-4,7,9-10,13H2,1H3. The molecule has 1 heterocycles. The van der Waals surface area contributed by atoms with Crippen LogP contribution in [0.25, 0.3) is 0 Å². The minimum Gasteiger partial charge on any atom is -0.325 e. The molecule has 96 valence electrons. The van der Waals surface area contributed by atoms with Gasteiger partial charge in [0.15, 0.2) is 9.84 Å². The smallest absolute Gasteiger partial charge is 0.154 e. The van der Waals surface area contributed by atoms with Gasteiger partial charge in [0.25, 0.3) is 0 Å². The van der Waals surface area contributed by atoms with Crippen molar-refractivity contribution >= 4 is 9.84 Å². The molecule has 1 aromatic rings. The van der Waals surface area contributed by atoms with Crippen LogP contribution in [0.4, 0.5) is 0 Å². The van der Waals surface area contributed by atoms with E-state index in [0.717, 1.165) is 30.5 Å². The van der Waals surface area contributed by atoms with E-state index in [2.05, 4.69) is 11.9 Å². The maximum atomic E-state index is 11.8. The molecule has 4 nitrogen and oxygen atoms in total. The number of nitrogens with two attached hydrogens (primary N) is 1. The summed E-state index contributed by atoms with van der Waals surface area (Å²) < 4.78 is 23.6. The third-order valence-electron chi connectivity index (χ3n) is 2.54. The van der Waals surface area contributed by atoms with E-state index >= 15 is 0 Å². The van der Waals surface area contributed by atoms with Gasteiger partial charge < -0.3 is 5.73 Å². The largest absolute Gasteiger partial charge is 0.325 e. The first kappa shape index (κ1) is 14.1. The molecule has 0 unspecified atom stereocenters. The monoisotopic (exact) mass is 256 g/mol. The zero-order chi connectivity index (χ0) is 12.7. The fourth-order valence-electron chi connectivity index (χ4n) is 1.63. The van der Waals surface area contributed by atoms with Gasteiger partial charge in [-0.15, -0.1) is 0 Å². The zero-order valence-electron chi connectivity index (χ0n) is 10.2. The number of hydrogen-bond donors (Lipinski definition) is 1. The molecule has 0 aliphatic rings. The number of aromatic nitrogens is 1. The van der Waals surface area contributed by atoms with Crippen molar-refractivity contribution in [1.82, 2.24) is 4.98 Å². The highest BCUT2D eigenvalue weighted by molar-refractivity contribution is 7.90. The topological polar surface area (TPSA) is 73.0 Å². The van der Waals surface area contributed by atoms with Gasteiger partial charge in [-0.2, -0.15) is 0 Å². The van der Waals surface area contributed by atoms with Crippen molar-refractivity contribution in [3.8, 4) is 0 Å². The maximum absolute atomic E-state index is 11.8. The van der Waals surface area contributed by atoms with E-state index in [9.17, 15) is 8.42 Å². The van der Waals surface area contributed by atoms with Crippen LogP contribution in [0.2, 0.25) is 0 Å². The number of rotatable bonds is 7. The molecule has 0 aliphatic carbocycles. The molecule has 0 bridgehead atoms. The molecule has 0 amide bonds. The molecular weight excluding hydrogens is 236 g/mol. The molecule has 0 spiro atoms. The zero-order valence-corrected chi connectivity index (χ0v) is 11.0. The summed E-state index contributed by atoms with van der Waals surface area (Å²) in [6.07, 6.45) is 4.35. The Labute approximate surface area is 103 Å². The highest BCUT2D eigenvalue weighted by Gasteiger charge is 2.11. The van der Waals surface area contributed by atoms with Crippen LogP contribution in [0.5, 0.6) is 0 Å². The number of sulfone groups is 1. The van der Waals surface area contributed by atoms with E-state index in [1.165, 1.54) is 0 Å². The second-order valence-corrected chi connectivity index (χ2v) is 6.34. The van der Waals surface area contributed by atoms with Crippen LogP contribution in [0, 0.1) is 0 Å². The first-order valence-electron chi connectivity index (χ1n) is 5.91. The van der Waals surface area contributed by atoms with Crippen molar-refractivity contribution in [2.45, 2.75) is 38.5 Å².